The number of nitrogens with one attached hydrogen (secondary N) is 1. The molecule has 2 aromatic rings. The highest BCUT2D eigenvalue weighted by Gasteiger charge is 2.41. The number of alkyl halides is 3. The van der Waals surface area contributed by atoms with Gasteiger partial charge in [-0.2, -0.15) is 13.2 Å². The molecule has 0 saturated carbocycles. The Morgan fingerprint density at radius 1 is 1.42 bits per heavy atom. The van der Waals surface area contributed by atoms with Gasteiger partial charge in [-0.15, -0.1) is 0 Å². The number of hydrogen-bond acceptors (Lipinski definition) is 3. The van der Waals surface area contributed by atoms with Crippen LogP contribution in [0.5, 0.6) is 0 Å². The van der Waals surface area contributed by atoms with E-state index in [4.69, 9.17) is 16.7 Å². The highest BCUT2D eigenvalue weighted by molar-refractivity contribution is 6.31. The van der Waals surface area contributed by atoms with E-state index in [9.17, 15) is 13.2 Å². The first kappa shape index (κ1) is 13.8. The molecule has 4 nitrogen and oxygen atoms in total. The first-order valence-corrected chi connectivity index (χ1v) is 5.63. The van der Waals surface area contributed by atoms with Gasteiger partial charge in [-0.25, -0.2) is 4.98 Å². The molecule has 2 rings (SSSR count). The minimum absolute atomic E-state index is 0.252. The van der Waals surface area contributed by atoms with Crippen LogP contribution in [0.3, 0.4) is 0 Å². The Hall–Kier alpha value is -1.60. The van der Waals surface area contributed by atoms with Crippen LogP contribution in [0.2, 0.25) is 5.02 Å². The standard InChI is InChI=1S/C11H9ClF3N3O/c12-8-5-16-2-1-6(8)3-7-4-17-10(18-7)9(19)11(13,14)15/h1-2,4-5,9,19H,3H2,(H,17,18). The van der Waals surface area contributed by atoms with Crippen LogP contribution in [0.25, 0.3) is 0 Å². The van der Waals surface area contributed by atoms with Crippen molar-refractivity contribution in [1.29, 1.82) is 0 Å². The van der Waals surface area contributed by atoms with Crippen molar-refractivity contribution in [3.63, 3.8) is 0 Å². The number of nitrogens with zero attached hydrogens (tertiary/aromatic N) is 2. The Morgan fingerprint density at radius 2 is 2.16 bits per heavy atom. The maximum atomic E-state index is 12.3. The van der Waals surface area contributed by atoms with Gasteiger partial charge in [-0.05, 0) is 11.6 Å². The van der Waals surface area contributed by atoms with E-state index in [0.717, 1.165) is 0 Å². The van der Waals surface area contributed by atoms with Gasteiger partial charge in [0.05, 0.1) is 10.7 Å². The lowest BCUT2D eigenvalue weighted by molar-refractivity contribution is -0.209. The predicted molar refractivity (Wildman–Crippen MR) is 61.7 cm³/mol. The van der Waals surface area contributed by atoms with Crippen molar-refractivity contribution in [2.45, 2.75) is 18.7 Å². The second-order valence-corrected chi connectivity index (χ2v) is 4.27. The van der Waals surface area contributed by atoms with Crippen molar-refractivity contribution in [2.24, 2.45) is 0 Å². The van der Waals surface area contributed by atoms with Crippen LogP contribution in [0.1, 0.15) is 23.2 Å². The van der Waals surface area contributed by atoms with Crippen LogP contribution in [0.4, 0.5) is 13.2 Å². The zero-order valence-corrected chi connectivity index (χ0v) is 10.2. The number of halogens is 4. The van der Waals surface area contributed by atoms with Crippen LogP contribution in [0, 0.1) is 0 Å². The number of rotatable bonds is 3. The summed E-state index contributed by atoms with van der Waals surface area (Å²) in [4.78, 5) is 9.82. The normalized spacial score (nSPS) is 13.5. The summed E-state index contributed by atoms with van der Waals surface area (Å²) in [5, 5.41) is 9.44. The molecule has 0 spiro atoms. The largest absolute Gasteiger partial charge is 0.421 e. The summed E-state index contributed by atoms with van der Waals surface area (Å²) in [5.41, 5.74) is 1.04. The quantitative estimate of drug-likeness (QED) is 0.914. The molecule has 1 atom stereocenters. The third kappa shape index (κ3) is 3.24. The van der Waals surface area contributed by atoms with Crippen molar-refractivity contribution in [3.05, 3.63) is 46.8 Å². The number of aliphatic hydroxyl groups excluding tert-OH is 1. The van der Waals surface area contributed by atoms with Gasteiger partial charge in [0.15, 0.2) is 0 Å². The molecule has 1 unspecified atom stereocenters. The third-order valence-electron chi connectivity index (χ3n) is 2.45. The molecule has 2 N–H and O–H groups in total. The number of pyridine rings is 1. The molecule has 0 amide bonds. The van der Waals surface area contributed by atoms with Crippen molar-refractivity contribution < 1.29 is 18.3 Å². The summed E-state index contributed by atoms with van der Waals surface area (Å²) in [6, 6.07) is 1.65. The first-order chi connectivity index (χ1) is 8.88. The van der Waals surface area contributed by atoms with Crippen molar-refractivity contribution in [1.82, 2.24) is 15.0 Å². The number of aromatic amines is 1. The fourth-order valence-electron chi connectivity index (χ4n) is 1.50. The van der Waals surface area contributed by atoms with Crippen LogP contribution >= 0.6 is 11.6 Å². The average molecular weight is 292 g/mol. The molecule has 102 valence electrons. The lowest BCUT2D eigenvalue weighted by atomic mass is 10.1. The van der Waals surface area contributed by atoms with Gasteiger partial charge in [-0.3, -0.25) is 4.98 Å². The molecule has 0 aliphatic heterocycles. The molecular weight excluding hydrogens is 283 g/mol. The minimum atomic E-state index is -4.75. The summed E-state index contributed by atoms with van der Waals surface area (Å²) in [6.45, 7) is 0. The zero-order chi connectivity index (χ0) is 14.0. The summed E-state index contributed by atoms with van der Waals surface area (Å²) < 4.78 is 36.9. The Bertz CT molecular complexity index is 570. The van der Waals surface area contributed by atoms with E-state index >= 15 is 0 Å². The fourth-order valence-corrected chi connectivity index (χ4v) is 1.69. The SMILES string of the molecule is OC(c1nc(Cc2ccncc2Cl)c[nH]1)C(F)(F)F. The van der Waals surface area contributed by atoms with E-state index in [-0.39, 0.29) is 6.42 Å². The van der Waals surface area contributed by atoms with Gasteiger partial charge in [-0.1, -0.05) is 11.6 Å². The van der Waals surface area contributed by atoms with E-state index < -0.39 is 18.1 Å². The summed E-state index contributed by atoms with van der Waals surface area (Å²) in [6.07, 6.45) is -2.84. The smallest absolute Gasteiger partial charge is 0.377 e. The topological polar surface area (TPSA) is 61.8 Å². The van der Waals surface area contributed by atoms with Crippen LogP contribution in [-0.2, 0) is 6.42 Å². The molecule has 0 aromatic carbocycles. The second-order valence-electron chi connectivity index (χ2n) is 3.87. The highest BCUT2D eigenvalue weighted by atomic mass is 35.5. The molecule has 19 heavy (non-hydrogen) atoms. The number of imidazole rings is 1. The third-order valence-corrected chi connectivity index (χ3v) is 2.79. The molecule has 8 heteroatoms. The van der Waals surface area contributed by atoms with Gasteiger partial charge >= 0.3 is 6.18 Å². The molecule has 0 aliphatic rings. The maximum Gasteiger partial charge on any atom is 0.421 e. The summed E-state index contributed by atoms with van der Waals surface area (Å²) in [5.74, 6) is -0.535. The van der Waals surface area contributed by atoms with E-state index in [2.05, 4.69) is 15.0 Å². The summed E-state index contributed by atoms with van der Waals surface area (Å²) in [7, 11) is 0. The van der Waals surface area contributed by atoms with Crippen molar-refractivity contribution in [2.75, 3.05) is 0 Å². The van der Waals surface area contributed by atoms with Crippen LogP contribution in [-0.4, -0.2) is 26.2 Å². The fraction of sp³-hybridized carbons (Fsp3) is 0.273. The molecular formula is C11H9ClF3N3O. The van der Waals surface area contributed by atoms with Crippen molar-refractivity contribution >= 4 is 11.6 Å². The van der Waals surface area contributed by atoms with Gasteiger partial charge in [0.1, 0.15) is 5.82 Å². The molecule has 0 radical (unpaired) electrons. The Balaban J connectivity index is 2.16. The number of aromatic nitrogens is 3. The average Bonchev–Trinajstić information content (AvgIpc) is 2.78. The predicted octanol–water partition coefficient (Wildman–Crippen LogP) is 2.64. The second kappa shape index (κ2) is 5.18. The molecule has 0 bridgehead atoms. The Morgan fingerprint density at radius 3 is 2.79 bits per heavy atom. The van der Waals surface area contributed by atoms with Crippen LogP contribution in [0.15, 0.2) is 24.7 Å². The van der Waals surface area contributed by atoms with Gasteiger partial charge < -0.3 is 10.1 Å². The van der Waals surface area contributed by atoms with Gasteiger partial charge in [0.2, 0.25) is 6.10 Å². The number of hydrogen-bond donors (Lipinski definition) is 2. The lowest BCUT2D eigenvalue weighted by Gasteiger charge is -2.11. The molecule has 0 saturated heterocycles. The molecule has 2 heterocycles. The minimum Gasteiger partial charge on any atom is -0.377 e. The number of aliphatic hydroxyl groups is 1. The summed E-state index contributed by atoms with van der Waals surface area (Å²) >= 11 is 5.89. The van der Waals surface area contributed by atoms with E-state index in [1.165, 1.54) is 18.6 Å². The molecule has 0 aliphatic carbocycles. The van der Waals surface area contributed by atoms with E-state index in [1.54, 1.807) is 6.07 Å². The maximum absolute atomic E-state index is 12.3. The van der Waals surface area contributed by atoms with Crippen molar-refractivity contribution in [3.8, 4) is 0 Å². The van der Waals surface area contributed by atoms with Gasteiger partial charge in [0, 0.05) is 25.0 Å². The van der Waals surface area contributed by atoms with Crippen LogP contribution < -0.4 is 0 Å². The number of H-pyrrole nitrogens is 1. The highest BCUT2D eigenvalue weighted by Crippen LogP contribution is 2.30. The monoisotopic (exact) mass is 291 g/mol. The molecule has 0 fully saturated rings. The van der Waals surface area contributed by atoms with Gasteiger partial charge in [0.25, 0.3) is 0 Å². The molecule has 2 aromatic heterocycles. The Labute approximate surface area is 111 Å². The van der Waals surface area contributed by atoms with E-state index in [1.807, 2.05) is 0 Å². The lowest BCUT2D eigenvalue weighted by Crippen LogP contribution is -2.21. The Kier molecular flexibility index (Phi) is 3.77. The zero-order valence-electron chi connectivity index (χ0n) is 9.45. The van der Waals surface area contributed by atoms with E-state index in [0.29, 0.717) is 16.3 Å². The first-order valence-electron chi connectivity index (χ1n) is 5.25.